The molecule has 0 saturated carbocycles. The molecule has 1 fully saturated rings. The summed E-state index contributed by atoms with van der Waals surface area (Å²) in [6.45, 7) is 0.764. The second-order valence-corrected chi connectivity index (χ2v) is 1.96. The summed E-state index contributed by atoms with van der Waals surface area (Å²) < 4.78 is 24.2. The number of nitrogens with one attached hydrogen (secondary N) is 1. The van der Waals surface area contributed by atoms with Crippen LogP contribution in [-0.2, 0) is 0 Å². The van der Waals surface area contributed by atoms with Crippen LogP contribution in [0.4, 0.5) is 8.96 Å². The highest BCUT2D eigenvalue weighted by atomic mass is 35.5. The van der Waals surface area contributed by atoms with Gasteiger partial charge in [0, 0.05) is 8.96 Å². The van der Waals surface area contributed by atoms with Crippen LogP contribution in [0.2, 0.25) is 0 Å². The standard InChI is InChI=1S/C4H9F2N2.ClH/c5-8(6)3-1-7-2-4-8;/h7H,1-4H2;1H/q+1;. The van der Waals surface area contributed by atoms with Gasteiger partial charge in [-0.15, -0.1) is 12.4 Å². The molecule has 1 rings (SSSR count). The maximum absolute atomic E-state index is 12.1. The number of hydrogen-bond acceptors (Lipinski definition) is 1. The Morgan fingerprint density at radius 1 is 1.11 bits per heavy atom. The smallest absolute Gasteiger partial charge is 0.167 e. The van der Waals surface area contributed by atoms with Crippen molar-refractivity contribution in [3.63, 3.8) is 0 Å². The molecule has 1 heterocycles. The van der Waals surface area contributed by atoms with Crippen LogP contribution in [0.3, 0.4) is 0 Å². The van der Waals surface area contributed by atoms with E-state index in [0.717, 1.165) is 0 Å². The van der Waals surface area contributed by atoms with Gasteiger partial charge in [0.2, 0.25) is 0 Å². The molecule has 0 atom stereocenters. The Balaban J connectivity index is 0.000000640. The molecule has 5 heteroatoms. The predicted molar refractivity (Wildman–Crippen MR) is 32.3 cm³/mol. The molecule has 0 bridgehead atoms. The van der Waals surface area contributed by atoms with Gasteiger partial charge in [0.1, 0.15) is 0 Å². The molecule has 1 aliphatic rings. The van der Waals surface area contributed by atoms with Crippen molar-refractivity contribution >= 4 is 12.4 Å². The maximum Gasteiger partial charge on any atom is 0.167 e. The first-order valence-corrected chi connectivity index (χ1v) is 2.68. The lowest BCUT2D eigenvalue weighted by Gasteiger charge is -2.18. The van der Waals surface area contributed by atoms with E-state index >= 15 is 0 Å². The van der Waals surface area contributed by atoms with Gasteiger partial charge in [0.05, 0.1) is 18.0 Å². The molecule has 56 valence electrons. The number of quaternary nitrogens is 1. The van der Waals surface area contributed by atoms with E-state index in [1.54, 1.807) is 0 Å². The first kappa shape index (κ1) is 9.07. The third-order valence-electron chi connectivity index (χ3n) is 1.23. The van der Waals surface area contributed by atoms with E-state index < -0.39 is 4.93 Å². The minimum atomic E-state index is -1.81. The lowest BCUT2D eigenvalue weighted by atomic mass is 10.4. The van der Waals surface area contributed by atoms with Crippen LogP contribution in [0.1, 0.15) is 0 Å². The van der Waals surface area contributed by atoms with E-state index in [0.29, 0.717) is 13.1 Å². The number of halogens is 3. The minimum Gasteiger partial charge on any atom is -0.306 e. The van der Waals surface area contributed by atoms with Crippen molar-refractivity contribution in [2.24, 2.45) is 0 Å². The zero-order chi connectivity index (χ0) is 6.04. The summed E-state index contributed by atoms with van der Waals surface area (Å²) in [5, 5.41) is 2.84. The Hall–Kier alpha value is 0.0700. The summed E-state index contributed by atoms with van der Waals surface area (Å²) in [7, 11) is 0. The van der Waals surface area contributed by atoms with Crippen molar-refractivity contribution in [1.82, 2.24) is 5.32 Å². The number of rotatable bonds is 0. The molecule has 2 nitrogen and oxygen atoms in total. The predicted octanol–water partition coefficient (Wildman–Crippen LogP) is 0.597. The Labute approximate surface area is 58.7 Å². The quantitative estimate of drug-likeness (QED) is 0.511. The van der Waals surface area contributed by atoms with Crippen LogP contribution < -0.4 is 5.32 Å². The molecule has 0 aromatic heterocycles. The average Bonchev–Trinajstić information content (AvgIpc) is 1.65. The van der Waals surface area contributed by atoms with Gasteiger partial charge in [-0.3, -0.25) is 0 Å². The van der Waals surface area contributed by atoms with Crippen molar-refractivity contribution in [3.05, 3.63) is 0 Å². The number of piperazine rings is 1. The highest BCUT2D eigenvalue weighted by molar-refractivity contribution is 5.85. The lowest BCUT2D eigenvalue weighted by Crippen LogP contribution is -2.47. The van der Waals surface area contributed by atoms with Crippen LogP contribution in [0.25, 0.3) is 0 Å². The zero-order valence-electron chi connectivity index (χ0n) is 4.94. The van der Waals surface area contributed by atoms with E-state index in [-0.39, 0.29) is 25.5 Å². The fourth-order valence-corrected chi connectivity index (χ4v) is 0.722. The van der Waals surface area contributed by atoms with Gasteiger partial charge in [-0.25, -0.2) is 0 Å². The fraction of sp³-hybridized carbons (Fsp3) is 1.00. The van der Waals surface area contributed by atoms with Crippen molar-refractivity contribution in [3.8, 4) is 0 Å². The molecular weight excluding hydrogens is 150 g/mol. The summed E-state index contributed by atoms with van der Waals surface area (Å²) in [6.07, 6.45) is 0. The molecule has 0 radical (unpaired) electrons. The number of hydrogen-bond donors (Lipinski definition) is 1. The molecule has 0 aromatic rings. The second kappa shape index (κ2) is 3.29. The maximum atomic E-state index is 12.1. The van der Waals surface area contributed by atoms with Crippen molar-refractivity contribution in [2.75, 3.05) is 26.2 Å². The van der Waals surface area contributed by atoms with E-state index in [4.69, 9.17) is 0 Å². The highest BCUT2D eigenvalue weighted by Crippen LogP contribution is 2.08. The van der Waals surface area contributed by atoms with Gasteiger partial charge < -0.3 is 5.32 Å². The Morgan fingerprint density at radius 2 is 1.56 bits per heavy atom. The van der Waals surface area contributed by atoms with Gasteiger partial charge in [0.15, 0.2) is 13.1 Å². The van der Waals surface area contributed by atoms with Crippen molar-refractivity contribution in [1.29, 1.82) is 0 Å². The van der Waals surface area contributed by atoms with Crippen LogP contribution >= 0.6 is 12.4 Å². The first-order valence-electron chi connectivity index (χ1n) is 2.68. The first-order chi connectivity index (χ1) is 3.71. The molecule has 9 heavy (non-hydrogen) atoms. The van der Waals surface area contributed by atoms with Crippen molar-refractivity contribution in [2.45, 2.75) is 0 Å². The van der Waals surface area contributed by atoms with Crippen LogP contribution in [-0.4, -0.2) is 31.1 Å². The third kappa shape index (κ3) is 2.93. The molecule has 0 aliphatic carbocycles. The van der Waals surface area contributed by atoms with E-state index in [1.807, 2.05) is 0 Å². The molecule has 1 aliphatic heterocycles. The zero-order valence-corrected chi connectivity index (χ0v) is 5.76. The largest absolute Gasteiger partial charge is 0.306 e. The van der Waals surface area contributed by atoms with Gasteiger partial charge in [-0.1, -0.05) is 0 Å². The van der Waals surface area contributed by atoms with Crippen LogP contribution in [0.15, 0.2) is 0 Å². The average molecular weight is 160 g/mol. The van der Waals surface area contributed by atoms with Gasteiger partial charge in [-0.05, 0) is 0 Å². The van der Waals surface area contributed by atoms with E-state index in [1.165, 1.54) is 0 Å². The van der Waals surface area contributed by atoms with Crippen molar-refractivity contribution < 1.29 is 13.9 Å². The Bertz CT molecular complexity index is 80.6. The summed E-state index contributed by atoms with van der Waals surface area (Å²) in [6, 6.07) is 0. The molecule has 0 unspecified atom stereocenters. The van der Waals surface area contributed by atoms with E-state index in [2.05, 4.69) is 5.32 Å². The molecule has 0 aromatic carbocycles. The SMILES string of the molecule is Cl.F[N+]1(F)CCNCC1. The van der Waals surface area contributed by atoms with Gasteiger partial charge in [-0.2, -0.15) is 0 Å². The van der Waals surface area contributed by atoms with Gasteiger partial charge >= 0.3 is 0 Å². The second-order valence-electron chi connectivity index (χ2n) is 1.96. The van der Waals surface area contributed by atoms with Gasteiger partial charge in [0.25, 0.3) is 0 Å². The monoisotopic (exact) mass is 159 g/mol. The highest BCUT2D eigenvalue weighted by Gasteiger charge is 2.31. The van der Waals surface area contributed by atoms with Crippen LogP contribution in [0, 0.1) is 0 Å². The normalized spacial score (nSPS) is 24.7. The minimum absolute atomic E-state index is 0. The Morgan fingerprint density at radius 3 is 1.78 bits per heavy atom. The summed E-state index contributed by atoms with van der Waals surface area (Å²) in [5.41, 5.74) is 0. The number of nitrogens with zero attached hydrogens (tertiary/aromatic N) is 1. The summed E-state index contributed by atoms with van der Waals surface area (Å²) in [4.78, 5) is -1.81. The summed E-state index contributed by atoms with van der Waals surface area (Å²) in [5.74, 6) is 0. The third-order valence-corrected chi connectivity index (χ3v) is 1.23. The van der Waals surface area contributed by atoms with Crippen LogP contribution in [0.5, 0.6) is 0 Å². The van der Waals surface area contributed by atoms with E-state index in [9.17, 15) is 8.96 Å². The molecule has 0 spiro atoms. The topological polar surface area (TPSA) is 12.0 Å². The summed E-state index contributed by atoms with van der Waals surface area (Å²) >= 11 is 0. The molecule has 1 saturated heterocycles. The molecule has 1 N–H and O–H groups in total. The lowest BCUT2D eigenvalue weighted by molar-refractivity contribution is -1.17. The molecular formula is C4H10ClF2N2+. The fourth-order valence-electron chi connectivity index (χ4n) is 0.722. The Kier molecular flexibility index (Phi) is 3.32. The molecule has 0 amide bonds.